The fourth-order valence-corrected chi connectivity index (χ4v) is 5.18. The van der Waals surface area contributed by atoms with Crippen LogP contribution in [0.25, 0.3) is 11.0 Å². The lowest BCUT2D eigenvalue weighted by Crippen LogP contribution is -2.39. The Hall–Kier alpha value is -4.21. The van der Waals surface area contributed by atoms with E-state index in [1.807, 2.05) is 44.9 Å². The molecule has 0 bridgehead atoms. The maximum Gasteiger partial charge on any atom is 0.270 e. The SMILES string of the molecule is CN(c1c(C#N)c(=O)n(C)c2ccc(C#N)nc12)C1CCC(/C(=N/OC(C)(C)C)c2ccc(CN)cc2)CC1. The fraction of sp³-hybridized carbons (Fsp3) is 0.433. The van der Waals surface area contributed by atoms with Crippen LogP contribution < -0.4 is 16.2 Å². The normalized spacial score (nSPS) is 17.9. The summed E-state index contributed by atoms with van der Waals surface area (Å²) in [4.78, 5) is 25.4. The van der Waals surface area contributed by atoms with Gasteiger partial charge in [-0.1, -0.05) is 29.4 Å². The molecule has 9 heteroatoms. The van der Waals surface area contributed by atoms with Crippen LogP contribution >= 0.6 is 0 Å². The Morgan fingerprint density at radius 2 is 1.79 bits per heavy atom. The number of aromatic nitrogens is 2. The Morgan fingerprint density at radius 3 is 2.36 bits per heavy atom. The lowest BCUT2D eigenvalue weighted by Gasteiger charge is -2.37. The van der Waals surface area contributed by atoms with Crippen molar-refractivity contribution in [1.82, 2.24) is 9.55 Å². The molecule has 0 spiro atoms. The first-order valence-electron chi connectivity index (χ1n) is 13.2. The molecule has 202 valence electrons. The predicted molar refractivity (Wildman–Crippen MR) is 152 cm³/mol. The zero-order chi connectivity index (χ0) is 28.3. The van der Waals surface area contributed by atoms with Crippen molar-refractivity contribution < 1.29 is 4.84 Å². The summed E-state index contributed by atoms with van der Waals surface area (Å²) in [6, 6.07) is 15.7. The van der Waals surface area contributed by atoms with Gasteiger partial charge in [0.2, 0.25) is 0 Å². The van der Waals surface area contributed by atoms with Crippen LogP contribution in [-0.4, -0.2) is 34.0 Å². The van der Waals surface area contributed by atoms with Gasteiger partial charge >= 0.3 is 0 Å². The van der Waals surface area contributed by atoms with Crippen LogP contribution in [0.2, 0.25) is 0 Å². The van der Waals surface area contributed by atoms with Gasteiger partial charge in [0, 0.05) is 32.6 Å². The molecule has 4 rings (SSSR count). The number of hydrogen-bond donors (Lipinski definition) is 1. The molecule has 0 aliphatic heterocycles. The summed E-state index contributed by atoms with van der Waals surface area (Å²) >= 11 is 0. The molecule has 1 aliphatic carbocycles. The first kappa shape index (κ1) is 27.8. The van der Waals surface area contributed by atoms with Gasteiger partial charge in [-0.2, -0.15) is 10.5 Å². The van der Waals surface area contributed by atoms with Crippen LogP contribution in [0.5, 0.6) is 0 Å². The van der Waals surface area contributed by atoms with Gasteiger partial charge in [-0.25, -0.2) is 4.98 Å². The highest BCUT2D eigenvalue weighted by molar-refractivity contribution is 6.02. The monoisotopic (exact) mass is 525 g/mol. The first-order valence-corrected chi connectivity index (χ1v) is 13.2. The van der Waals surface area contributed by atoms with Gasteiger partial charge in [-0.05, 0) is 69.7 Å². The van der Waals surface area contributed by atoms with E-state index in [2.05, 4.69) is 34.4 Å². The highest BCUT2D eigenvalue weighted by Crippen LogP contribution is 2.35. The number of nitrogens with two attached hydrogens (primary N) is 1. The number of nitrogens with zero attached hydrogens (tertiary/aromatic N) is 6. The topological polar surface area (TPSA) is 133 Å². The third-order valence-electron chi connectivity index (χ3n) is 7.33. The summed E-state index contributed by atoms with van der Waals surface area (Å²) < 4.78 is 1.42. The molecule has 1 fully saturated rings. The van der Waals surface area contributed by atoms with E-state index in [9.17, 15) is 15.3 Å². The molecule has 0 amide bonds. The van der Waals surface area contributed by atoms with Crippen LogP contribution in [0.4, 0.5) is 5.69 Å². The standard InChI is InChI=1S/C30H35N7O2/c1-30(2,3)39-35-26(20-8-6-19(16-31)7-9-20)21-10-13-23(14-11-21)36(4)28-24(18-33)29(38)37(5)25-15-12-22(17-32)34-27(25)28/h6-9,12,15,21,23H,10-11,13-14,16,31H2,1-5H3/b35-26+. The summed E-state index contributed by atoms with van der Waals surface area (Å²) in [5, 5.41) is 24.0. The largest absolute Gasteiger partial charge is 0.390 e. The van der Waals surface area contributed by atoms with E-state index in [-0.39, 0.29) is 28.8 Å². The Bertz CT molecular complexity index is 1530. The van der Waals surface area contributed by atoms with Crippen LogP contribution in [0.15, 0.2) is 46.3 Å². The van der Waals surface area contributed by atoms with E-state index >= 15 is 0 Å². The van der Waals surface area contributed by atoms with Gasteiger partial charge in [0.25, 0.3) is 5.56 Å². The van der Waals surface area contributed by atoms with Crippen LogP contribution in [0, 0.1) is 28.6 Å². The summed E-state index contributed by atoms with van der Waals surface area (Å²) in [6.07, 6.45) is 3.38. The highest BCUT2D eigenvalue weighted by Gasteiger charge is 2.31. The van der Waals surface area contributed by atoms with Crippen LogP contribution in [-0.2, 0) is 18.4 Å². The Morgan fingerprint density at radius 1 is 1.13 bits per heavy atom. The van der Waals surface area contributed by atoms with Gasteiger partial charge < -0.3 is 20.0 Å². The molecule has 1 aromatic carbocycles. The molecule has 2 N–H and O–H groups in total. The molecule has 0 radical (unpaired) electrons. The van der Waals surface area contributed by atoms with Crippen LogP contribution in [0.1, 0.15) is 68.8 Å². The van der Waals surface area contributed by atoms with Gasteiger partial charge in [0.15, 0.2) is 0 Å². The summed E-state index contributed by atoms with van der Waals surface area (Å²) in [5.74, 6) is 0.194. The number of aryl methyl sites for hydroxylation is 1. The molecule has 0 atom stereocenters. The molecule has 3 aromatic rings. The van der Waals surface area contributed by atoms with E-state index in [1.165, 1.54) is 4.57 Å². The number of rotatable bonds is 6. The molecular weight excluding hydrogens is 490 g/mol. The van der Waals surface area contributed by atoms with Crippen molar-refractivity contribution in [2.45, 2.75) is 64.6 Å². The summed E-state index contributed by atoms with van der Waals surface area (Å²) in [5.41, 5.74) is 9.84. The van der Waals surface area contributed by atoms with Gasteiger partial charge in [0.05, 0.1) is 16.9 Å². The van der Waals surface area contributed by atoms with E-state index in [0.717, 1.165) is 42.5 Å². The summed E-state index contributed by atoms with van der Waals surface area (Å²) in [6.45, 7) is 6.41. The quantitative estimate of drug-likeness (QED) is 0.373. The number of benzene rings is 1. The van der Waals surface area contributed by atoms with Crippen molar-refractivity contribution in [3.8, 4) is 12.1 Å². The summed E-state index contributed by atoms with van der Waals surface area (Å²) in [7, 11) is 3.53. The number of pyridine rings is 2. The van der Waals surface area contributed by atoms with Crippen molar-refractivity contribution in [2.75, 3.05) is 11.9 Å². The molecule has 2 heterocycles. The van der Waals surface area contributed by atoms with Gasteiger partial charge in [-0.15, -0.1) is 0 Å². The molecule has 1 aliphatic rings. The average molecular weight is 526 g/mol. The molecule has 0 unspecified atom stereocenters. The maximum atomic E-state index is 13.1. The van der Waals surface area contributed by atoms with Crippen molar-refractivity contribution >= 4 is 22.4 Å². The Kier molecular flexibility index (Phi) is 8.03. The second-order valence-corrected chi connectivity index (χ2v) is 11.1. The minimum atomic E-state index is -0.413. The maximum absolute atomic E-state index is 13.1. The minimum absolute atomic E-state index is 0.0398. The van der Waals surface area contributed by atoms with Crippen molar-refractivity contribution in [3.63, 3.8) is 0 Å². The van der Waals surface area contributed by atoms with E-state index in [0.29, 0.717) is 23.3 Å². The van der Waals surface area contributed by atoms with E-state index in [1.54, 1.807) is 19.2 Å². The number of fused-ring (bicyclic) bond motifs is 1. The first-order chi connectivity index (χ1) is 18.6. The smallest absolute Gasteiger partial charge is 0.270 e. The van der Waals surface area contributed by atoms with E-state index < -0.39 is 5.60 Å². The van der Waals surface area contributed by atoms with Crippen LogP contribution in [0.3, 0.4) is 0 Å². The number of oxime groups is 1. The Labute approximate surface area is 229 Å². The van der Waals surface area contributed by atoms with Crippen molar-refractivity contribution in [1.29, 1.82) is 10.5 Å². The molecule has 39 heavy (non-hydrogen) atoms. The third kappa shape index (κ3) is 5.79. The number of anilines is 1. The molecular formula is C30H35N7O2. The third-order valence-corrected chi connectivity index (χ3v) is 7.33. The predicted octanol–water partition coefficient (Wildman–Crippen LogP) is 4.35. The lowest BCUT2D eigenvalue weighted by molar-refractivity contribution is -0.0000292. The van der Waals surface area contributed by atoms with E-state index in [4.69, 9.17) is 10.6 Å². The minimum Gasteiger partial charge on any atom is -0.390 e. The highest BCUT2D eigenvalue weighted by atomic mass is 16.6. The number of hydrogen-bond acceptors (Lipinski definition) is 8. The number of nitriles is 2. The zero-order valence-electron chi connectivity index (χ0n) is 23.2. The van der Waals surface area contributed by atoms with Gasteiger partial charge in [-0.3, -0.25) is 4.79 Å². The van der Waals surface area contributed by atoms with Crippen molar-refractivity contribution in [2.24, 2.45) is 23.9 Å². The zero-order valence-corrected chi connectivity index (χ0v) is 23.2. The molecule has 2 aromatic heterocycles. The second-order valence-electron chi connectivity index (χ2n) is 11.1. The molecule has 1 saturated carbocycles. The second kappa shape index (κ2) is 11.3. The lowest BCUT2D eigenvalue weighted by atomic mass is 9.80. The van der Waals surface area contributed by atoms with Crippen molar-refractivity contribution in [3.05, 3.63) is 69.1 Å². The Balaban J connectivity index is 1.65. The van der Waals surface area contributed by atoms with Gasteiger partial charge in [0.1, 0.15) is 34.5 Å². The average Bonchev–Trinajstić information content (AvgIpc) is 2.94. The molecule has 0 saturated heterocycles. The molecule has 9 nitrogen and oxygen atoms in total. The fourth-order valence-electron chi connectivity index (χ4n) is 5.18.